The summed E-state index contributed by atoms with van der Waals surface area (Å²) in [4.78, 5) is 25.5. The number of likely N-dealkylation sites (tertiary alicyclic amines) is 1. The maximum Gasteiger partial charge on any atom is 0.328 e. The molecule has 2 atom stereocenters. The van der Waals surface area contributed by atoms with Crippen LogP contribution in [-0.2, 0) is 14.3 Å². The molecule has 1 rings (SSSR count). The molecule has 0 aromatic rings. The number of amides is 1. The predicted octanol–water partition coefficient (Wildman–Crippen LogP) is 2.00. The molecule has 0 N–H and O–H groups in total. The lowest BCUT2D eigenvalue weighted by Gasteiger charge is -2.25. The minimum absolute atomic E-state index is 0.0215. The Morgan fingerprint density at radius 2 is 2.28 bits per heavy atom. The first-order valence-corrected chi connectivity index (χ1v) is 6.58. The highest BCUT2D eigenvalue weighted by Gasteiger charge is 2.36. The van der Waals surface area contributed by atoms with Crippen LogP contribution in [0.25, 0.3) is 0 Å². The van der Waals surface area contributed by atoms with Gasteiger partial charge in [-0.25, -0.2) is 4.79 Å². The fraction of sp³-hybridized carbons (Fsp3) is 0.714. The monoisotopic (exact) mass is 253 g/mol. The van der Waals surface area contributed by atoms with Crippen molar-refractivity contribution in [2.24, 2.45) is 11.8 Å². The molecule has 102 valence electrons. The van der Waals surface area contributed by atoms with Gasteiger partial charge in [-0.1, -0.05) is 26.8 Å². The van der Waals surface area contributed by atoms with E-state index in [-0.39, 0.29) is 17.8 Å². The van der Waals surface area contributed by atoms with Crippen LogP contribution < -0.4 is 0 Å². The molecule has 1 unspecified atom stereocenters. The van der Waals surface area contributed by atoms with E-state index in [1.165, 1.54) is 0 Å². The van der Waals surface area contributed by atoms with E-state index >= 15 is 0 Å². The zero-order chi connectivity index (χ0) is 13.7. The lowest BCUT2D eigenvalue weighted by Crippen LogP contribution is -2.43. The Morgan fingerprint density at radius 1 is 1.61 bits per heavy atom. The Balaban J connectivity index is 2.62. The summed E-state index contributed by atoms with van der Waals surface area (Å²) in [6, 6.07) is -0.443. The molecular formula is C14H23NO3. The number of hydrogen-bond donors (Lipinski definition) is 0. The van der Waals surface area contributed by atoms with Crippen LogP contribution >= 0.6 is 0 Å². The summed E-state index contributed by atoms with van der Waals surface area (Å²) in [5, 5.41) is 0. The van der Waals surface area contributed by atoms with E-state index in [1.54, 1.807) is 11.0 Å². The van der Waals surface area contributed by atoms with Crippen molar-refractivity contribution in [2.45, 2.75) is 39.7 Å². The summed E-state index contributed by atoms with van der Waals surface area (Å²) in [6.45, 7) is 10.6. The van der Waals surface area contributed by atoms with Gasteiger partial charge in [-0.2, -0.15) is 0 Å². The highest BCUT2D eigenvalue weighted by molar-refractivity contribution is 5.86. The number of esters is 1. The fourth-order valence-corrected chi connectivity index (χ4v) is 2.08. The second-order valence-electron chi connectivity index (χ2n) is 5.19. The summed E-state index contributed by atoms with van der Waals surface area (Å²) in [5.74, 6) is 0.198. The summed E-state index contributed by atoms with van der Waals surface area (Å²) in [7, 11) is 0. The molecule has 0 aromatic carbocycles. The van der Waals surface area contributed by atoms with Crippen molar-refractivity contribution in [2.75, 3.05) is 13.2 Å². The number of carbonyl (C=O) groups excluding carboxylic acids is 2. The highest BCUT2D eigenvalue weighted by Crippen LogP contribution is 2.22. The van der Waals surface area contributed by atoms with Crippen molar-refractivity contribution in [3.63, 3.8) is 0 Å². The molecule has 4 nitrogen and oxygen atoms in total. The van der Waals surface area contributed by atoms with Gasteiger partial charge in [0.15, 0.2) is 0 Å². The third-order valence-electron chi connectivity index (χ3n) is 3.12. The lowest BCUT2D eigenvalue weighted by atomic mass is 10.1. The fourth-order valence-electron chi connectivity index (χ4n) is 2.08. The lowest BCUT2D eigenvalue weighted by molar-refractivity contribution is -0.154. The zero-order valence-corrected chi connectivity index (χ0v) is 11.5. The number of carbonyl (C=O) groups is 2. The molecule has 1 amide bonds. The van der Waals surface area contributed by atoms with Crippen molar-refractivity contribution >= 4 is 11.9 Å². The van der Waals surface area contributed by atoms with Crippen molar-refractivity contribution in [3.8, 4) is 0 Å². The zero-order valence-electron chi connectivity index (χ0n) is 11.5. The second-order valence-corrected chi connectivity index (χ2v) is 5.19. The summed E-state index contributed by atoms with van der Waals surface area (Å²) < 4.78 is 5.23. The SMILES string of the molecule is C=CC1CC(=O)N([C@@H](CC)C(=O)OCC(C)C)C1. The standard InChI is InChI=1S/C14H23NO3/c1-5-11-7-13(16)15(8-11)12(6-2)14(17)18-9-10(3)4/h5,10-12H,1,6-9H2,2-4H3/t11?,12-/m0/s1. The number of hydrogen-bond acceptors (Lipinski definition) is 3. The third-order valence-corrected chi connectivity index (χ3v) is 3.12. The van der Waals surface area contributed by atoms with Gasteiger partial charge in [0, 0.05) is 18.9 Å². The van der Waals surface area contributed by atoms with Gasteiger partial charge < -0.3 is 9.64 Å². The minimum atomic E-state index is -0.443. The molecule has 1 heterocycles. The van der Waals surface area contributed by atoms with Crippen LogP contribution in [0, 0.1) is 11.8 Å². The van der Waals surface area contributed by atoms with Gasteiger partial charge in [0.05, 0.1) is 6.61 Å². The average molecular weight is 253 g/mol. The maximum atomic E-state index is 12.0. The van der Waals surface area contributed by atoms with E-state index in [9.17, 15) is 9.59 Å². The first kappa shape index (κ1) is 14.7. The molecule has 1 fully saturated rings. The molecule has 0 aliphatic carbocycles. The summed E-state index contributed by atoms with van der Waals surface area (Å²) in [5.41, 5.74) is 0. The third kappa shape index (κ3) is 3.59. The first-order valence-electron chi connectivity index (χ1n) is 6.58. The molecule has 18 heavy (non-hydrogen) atoms. The predicted molar refractivity (Wildman–Crippen MR) is 69.9 cm³/mol. The van der Waals surface area contributed by atoms with Crippen molar-refractivity contribution < 1.29 is 14.3 Å². The first-order chi connectivity index (χ1) is 8.49. The van der Waals surface area contributed by atoms with E-state index < -0.39 is 6.04 Å². The Kier molecular flexibility index (Phi) is 5.38. The molecule has 0 spiro atoms. The Hall–Kier alpha value is -1.32. The highest BCUT2D eigenvalue weighted by atomic mass is 16.5. The Bertz CT molecular complexity index is 325. The largest absolute Gasteiger partial charge is 0.464 e. The van der Waals surface area contributed by atoms with E-state index in [4.69, 9.17) is 4.74 Å². The molecule has 0 aromatic heterocycles. The second kappa shape index (κ2) is 6.57. The van der Waals surface area contributed by atoms with Gasteiger partial charge in [0.25, 0.3) is 0 Å². The summed E-state index contributed by atoms with van der Waals surface area (Å²) >= 11 is 0. The van der Waals surface area contributed by atoms with Crippen LogP contribution in [0.2, 0.25) is 0 Å². The molecule has 0 bridgehead atoms. The van der Waals surface area contributed by atoms with Crippen LogP contribution in [-0.4, -0.2) is 36.0 Å². The maximum absolute atomic E-state index is 12.0. The minimum Gasteiger partial charge on any atom is -0.464 e. The van der Waals surface area contributed by atoms with Crippen LogP contribution in [0.1, 0.15) is 33.6 Å². The van der Waals surface area contributed by atoms with Crippen molar-refractivity contribution in [1.29, 1.82) is 0 Å². The van der Waals surface area contributed by atoms with E-state index in [0.717, 1.165) is 0 Å². The van der Waals surface area contributed by atoms with Gasteiger partial charge in [0.2, 0.25) is 5.91 Å². The van der Waals surface area contributed by atoms with Crippen molar-refractivity contribution in [1.82, 2.24) is 4.90 Å². The number of nitrogens with zero attached hydrogens (tertiary/aromatic N) is 1. The molecular weight excluding hydrogens is 230 g/mol. The molecule has 4 heteroatoms. The van der Waals surface area contributed by atoms with Crippen LogP contribution in [0.4, 0.5) is 0 Å². The van der Waals surface area contributed by atoms with Gasteiger partial charge in [-0.15, -0.1) is 6.58 Å². The van der Waals surface area contributed by atoms with Gasteiger partial charge in [0.1, 0.15) is 6.04 Å². The normalized spacial score (nSPS) is 21.2. The van der Waals surface area contributed by atoms with E-state index in [1.807, 2.05) is 20.8 Å². The summed E-state index contributed by atoms with van der Waals surface area (Å²) in [6.07, 6.45) is 2.83. The smallest absolute Gasteiger partial charge is 0.328 e. The Labute approximate surface area is 109 Å². The molecule has 0 radical (unpaired) electrons. The quantitative estimate of drug-likeness (QED) is 0.537. The molecule has 1 aliphatic rings. The van der Waals surface area contributed by atoms with Crippen LogP contribution in [0.5, 0.6) is 0 Å². The molecule has 0 saturated carbocycles. The van der Waals surface area contributed by atoms with Gasteiger partial charge in [-0.3, -0.25) is 4.79 Å². The average Bonchev–Trinajstić information content (AvgIpc) is 2.69. The van der Waals surface area contributed by atoms with Gasteiger partial charge >= 0.3 is 5.97 Å². The topological polar surface area (TPSA) is 46.6 Å². The van der Waals surface area contributed by atoms with Crippen molar-refractivity contribution in [3.05, 3.63) is 12.7 Å². The number of rotatable bonds is 6. The number of ether oxygens (including phenoxy) is 1. The van der Waals surface area contributed by atoms with Crippen LogP contribution in [0.3, 0.4) is 0 Å². The van der Waals surface area contributed by atoms with E-state index in [2.05, 4.69) is 6.58 Å². The van der Waals surface area contributed by atoms with Gasteiger partial charge in [-0.05, 0) is 12.3 Å². The Morgan fingerprint density at radius 3 is 2.72 bits per heavy atom. The molecule has 1 aliphatic heterocycles. The van der Waals surface area contributed by atoms with Crippen LogP contribution in [0.15, 0.2) is 12.7 Å². The van der Waals surface area contributed by atoms with E-state index in [0.29, 0.717) is 31.9 Å². The molecule has 1 saturated heterocycles.